The number of carbonyl (C=O) groups is 1. The van der Waals surface area contributed by atoms with Crippen LogP contribution in [-0.2, 0) is 11.2 Å². The van der Waals surface area contributed by atoms with Crippen LogP contribution >= 0.6 is 23.1 Å². The van der Waals surface area contributed by atoms with E-state index in [1.807, 2.05) is 29.2 Å². The van der Waals surface area contributed by atoms with Crippen molar-refractivity contribution in [1.29, 1.82) is 0 Å². The molecule has 1 aliphatic heterocycles. The molecule has 2 atom stereocenters. The Morgan fingerprint density at radius 2 is 2.00 bits per heavy atom. The van der Waals surface area contributed by atoms with Gasteiger partial charge < -0.3 is 5.11 Å². The molecule has 1 amide bonds. The molecule has 5 heteroatoms. The van der Waals surface area contributed by atoms with Crippen molar-refractivity contribution in [2.24, 2.45) is 0 Å². The summed E-state index contributed by atoms with van der Waals surface area (Å²) in [5.41, 5.74) is 1.90. The van der Waals surface area contributed by atoms with E-state index in [0.29, 0.717) is 5.75 Å². The number of unbranched alkanes of at least 4 members (excludes halogenated alkanes) is 2. The van der Waals surface area contributed by atoms with Crippen LogP contribution in [0.25, 0.3) is 0 Å². The molecule has 27 heavy (non-hydrogen) atoms. The lowest BCUT2D eigenvalue weighted by Gasteiger charge is -2.24. The van der Waals surface area contributed by atoms with Gasteiger partial charge in [-0.2, -0.15) is 0 Å². The van der Waals surface area contributed by atoms with Crippen LogP contribution in [0.3, 0.4) is 0 Å². The van der Waals surface area contributed by atoms with Gasteiger partial charge in [-0.1, -0.05) is 44.4 Å². The molecule has 0 saturated carbocycles. The summed E-state index contributed by atoms with van der Waals surface area (Å²) in [6.45, 7) is 2.17. The number of benzene rings is 1. The van der Waals surface area contributed by atoms with Crippen molar-refractivity contribution >= 4 is 34.7 Å². The highest BCUT2D eigenvalue weighted by Crippen LogP contribution is 2.34. The van der Waals surface area contributed by atoms with E-state index in [0.717, 1.165) is 56.2 Å². The van der Waals surface area contributed by atoms with Crippen LogP contribution in [0.2, 0.25) is 0 Å². The number of aliphatic hydroxyl groups excluding tert-OH is 1. The first kappa shape index (κ1) is 20.4. The van der Waals surface area contributed by atoms with E-state index >= 15 is 0 Å². The van der Waals surface area contributed by atoms with Crippen LogP contribution in [0, 0.1) is 0 Å². The van der Waals surface area contributed by atoms with Gasteiger partial charge >= 0.3 is 0 Å². The molecule has 3 rings (SSSR count). The molecule has 1 fully saturated rings. The number of amides is 1. The van der Waals surface area contributed by atoms with Gasteiger partial charge in [-0.3, -0.25) is 9.69 Å². The van der Waals surface area contributed by atoms with Crippen molar-refractivity contribution in [3.05, 3.63) is 52.2 Å². The molecule has 2 unspecified atom stereocenters. The van der Waals surface area contributed by atoms with E-state index in [1.54, 1.807) is 23.1 Å². The number of aryl methyl sites for hydroxylation is 1. The molecule has 2 aromatic rings. The number of thiophene rings is 1. The topological polar surface area (TPSA) is 40.5 Å². The van der Waals surface area contributed by atoms with E-state index in [4.69, 9.17) is 0 Å². The molecule has 1 aromatic heterocycles. The molecule has 3 nitrogen and oxygen atoms in total. The van der Waals surface area contributed by atoms with Crippen molar-refractivity contribution in [2.45, 2.75) is 63.3 Å². The molecule has 2 heterocycles. The van der Waals surface area contributed by atoms with Gasteiger partial charge in [-0.05, 0) is 54.8 Å². The predicted molar refractivity (Wildman–Crippen MR) is 117 cm³/mol. The number of thioether (sulfide) groups is 1. The van der Waals surface area contributed by atoms with Crippen LogP contribution in [0.1, 0.15) is 62.0 Å². The third-order valence-electron chi connectivity index (χ3n) is 5.05. The Kier molecular flexibility index (Phi) is 7.80. The number of hydrogen-bond acceptors (Lipinski definition) is 4. The summed E-state index contributed by atoms with van der Waals surface area (Å²) >= 11 is 3.55. The quantitative estimate of drug-likeness (QED) is 0.510. The number of anilines is 1. The van der Waals surface area contributed by atoms with Crippen LogP contribution in [-0.4, -0.2) is 22.1 Å². The molecule has 0 bridgehead atoms. The molecule has 0 aliphatic carbocycles. The minimum Gasteiger partial charge on any atom is -0.388 e. The Morgan fingerprint density at radius 1 is 1.19 bits per heavy atom. The molecule has 1 N–H and O–H groups in total. The fourth-order valence-corrected chi connectivity index (χ4v) is 5.46. The smallest absolute Gasteiger partial charge is 0.238 e. The Bertz CT molecular complexity index is 700. The second-order valence-corrected chi connectivity index (χ2v) is 9.30. The van der Waals surface area contributed by atoms with Gasteiger partial charge in [0.2, 0.25) is 5.91 Å². The Hall–Kier alpha value is -1.30. The lowest BCUT2D eigenvalue weighted by atomic mass is 10.0. The summed E-state index contributed by atoms with van der Waals surface area (Å²) in [4.78, 5) is 15.8. The summed E-state index contributed by atoms with van der Waals surface area (Å²) in [7, 11) is 0. The lowest BCUT2D eigenvalue weighted by molar-refractivity contribution is -0.115. The summed E-state index contributed by atoms with van der Waals surface area (Å²) in [5.74, 6) is 0.753. The van der Waals surface area contributed by atoms with Gasteiger partial charge in [0.1, 0.15) is 0 Å². The zero-order valence-corrected chi connectivity index (χ0v) is 17.6. The van der Waals surface area contributed by atoms with E-state index < -0.39 is 6.10 Å². The van der Waals surface area contributed by atoms with E-state index in [1.165, 1.54) is 4.88 Å². The zero-order valence-electron chi connectivity index (χ0n) is 16.0. The van der Waals surface area contributed by atoms with E-state index in [2.05, 4.69) is 24.4 Å². The molecular weight excluding hydrogens is 374 g/mol. The average Bonchev–Trinajstić information content (AvgIpc) is 3.32. The third-order valence-corrected chi connectivity index (χ3v) is 7.23. The van der Waals surface area contributed by atoms with Crippen LogP contribution in [0.4, 0.5) is 5.69 Å². The first-order valence-corrected chi connectivity index (χ1v) is 11.9. The molecule has 0 spiro atoms. The van der Waals surface area contributed by atoms with Gasteiger partial charge in [0.25, 0.3) is 0 Å². The highest BCUT2D eigenvalue weighted by molar-refractivity contribution is 8.01. The standard InChI is InChI=1S/C22H29NO2S2/c1-2-3-4-9-20(24)17-11-13-18(14-12-17)23-21(25)16-27-22(23)10-5-7-19-8-6-15-26-19/h6,8,11-15,20,22,24H,2-5,7,9-10,16H2,1H3. The number of carbonyl (C=O) groups excluding carboxylic acids is 1. The van der Waals surface area contributed by atoms with Gasteiger partial charge in [0.15, 0.2) is 0 Å². The van der Waals surface area contributed by atoms with E-state index in [9.17, 15) is 9.90 Å². The molecule has 1 aromatic carbocycles. The van der Waals surface area contributed by atoms with Crippen molar-refractivity contribution in [1.82, 2.24) is 0 Å². The fourth-order valence-electron chi connectivity index (χ4n) is 3.51. The van der Waals surface area contributed by atoms with Crippen LogP contribution in [0.5, 0.6) is 0 Å². The van der Waals surface area contributed by atoms with Crippen molar-refractivity contribution in [3.63, 3.8) is 0 Å². The maximum atomic E-state index is 12.4. The average molecular weight is 404 g/mol. The molecule has 1 aliphatic rings. The van der Waals surface area contributed by atoms with E-state index in [-0.39, 0.29) is 11.3 Å². The van der Waals surface area contributed by atoms with Gasteiger partial charge in [-0.25, -0.2) is 0 Å². The second-order valence-electron chi connectivity index (χ2n) is 7.10. The molecule has 0 radical (unpaired) electrons. The Balaban J connectivity index is 1.58. The van der Waals surface area contributed by atoms with Crippen LogP contribution in [0.15, 0.2) is 41.8 Å². The SMILES string of the molecule is CCCCCC(O)c1ccc(N2C(=O)CSC2CCCc2cccs2)cc1. The number of nitrogens with zero attached hydrogens (tertiary/aromatic N) is 1. The summed E-state index contributed by atoms with van der Waals surface area (Å²) < 4.78 is 0. The van der Waals surface area contributed by atoms with Crippen molar-refractivity contribution in [3.8, 4) is 0 Å². The minimum absolute atomic E-state index is 0.192. The molecular formula is C22H29NO2S2. The maximum absolute atomic E-state index is 12.4. The van der Waals surface area contributed by atoms with Gasteiger partial charge in [0, 0.05) is 10.6 Å². The number of rotatable bonds is 10. The Morgan fingerprint density at radius 3 is 2.70 bits per heavy atom. The van der Waals surface area contributed by atoms with Gasteiger partial charge in [0.05, 0.1) is 17.2 Å². The number of hydrogen-bond donors (Lipinski definition) is 1. The first-order valence-electron chi connectivity index (χ1n) is 9.93. The van der Waals surface area contributed by atoms with Crippen molar-refractivity contribution < 1.29 is 9.90 Å². The fraction of sp³-hybridized carbons (Fsp3) is 0.500. The maximum Gasteiger partial charge on any atom is 0.238 e. The highest BCUT2D eigenvalue weighted by atomic mass is 32.2. The monoisotopic (exact) mass is 403 g/mol. The third kappa shape index (κ3) is 5.59. The second kappa shape index (κ2) is 10.3. The predicted octanol–water partition coefficient (Wildman–Crippen LogP) is 5.79. The Labute approximate surface area is 170 Å². The van der Waals surface area contributed by atoms with Gasteiger partial charge in [-0.15, -0.1) is 23.1 Å². The highest BCUT2D eigenvalue weighted by Gasteiger charge is 2.32. The largest absolute Gasteiger partial charge is 0.388 e. The molecule has 146 valence electrons. The summed E-state index contributed by atoms with van der Waals surface area (Å²) in [6, 6.07) is 12.2. The number of aliphatic hydroxyl groups is 1. The first-order chi connectivity index (χ1) is 13.2. The lowest BCUT2D eigenvalue weighted by Crippen LogP contribution is -2.32. The zero-order chi connectivity index (χ0) is 19.1. The summed E-state index contributed by atoms with van der Waals surface area (Å²) in [5, 5.41) is 12.7. The summed E-state index contributed by atoms with van der Waals surface area (Å²) in [6.07, 6.45) is 6.95. The van der Waals surface area contributed by atoms with Crippen LogP contribution < -0.4 is 4.90 Å². The van der Waals surface area contributed by atoms with Crippen molar-refractivity contribution in [2.75, 3.05) is 10.7 Å². The molecule has 1 saturated heterocycles. The minimum atomic E-state index is -0.407. The normalized spacial score (nSPS) is 18.2.